The van der Waals surface area contributed by atoms with E-state index in [1.54, 1.807) is 30.3 Å². The second kappa shape index (κ2) is 6.92. The van der Waals surface area contributed by atoms with Gasteiger partial charge in [0, 0.05) is 34.2 Å². The van der Waals surface area contributed by atoms with Gasteiger partial charge in [0.05, 0.1) is 13.7 Å². The Hall–Kier alpha value is -2.31. The lowest BCUT2D eigenvalue weighted by molar-refractivity contribution is 0.262. The second-order valence-electron chi connectivity index (χ2n) is 4.13. The Bertz CT molecular complexity index is 649. The summed E-state index contributed by atoms with van der Waals surface area (Å²) in [6.45, 7) is -0.199. The van der Waals surface area contributed by atoms with Crippen LogP contribution in [0.3, 0.4) is 0 Å². The summed E-state index contributed by atoms with van der Waals surface area (Å²) in [6.07, 6.45) is 1.52. The van der Waals surface area contributed by atoms with Gasteiger partial charge in [0.2, 0.25) is 5.88 Å². The van der Waals surface area contributed by atoms with Crippen molar-refractivity contribution in [3.8, 4) is 5.88 Å². The number of pyridine rings is 1. The Kier molecular flexibility index (Phi) is 4.97. The number of hydrogen-bond acceptors (Lipinski definition) is 4. The molecule has 2 amide bonds. The van der Waals surface area contributed by atoms with Crippen LogP contribution in [0, 0.1) is 0 Å². The van der Waals surface area contributed by atoms with Crippen molar-refractivity contribution in [1.29, 1.82) is 0 Å². The van der Waals surface area contributed by atoms with Gasteiger partial charge in [-0.15, -0.1) is 0 Å². The van der Waals surface area contributed by atoms with Crippen molar-refractivity contribution in [2.24, 2.45) is 0 Å². The summed E-state index contributed by atoms with van der Waals surface area (Å²) in [6, 6.07) is 7.62. The molecule has 0 radical (unpaired) electrons. The van der Waals surface area contributed by atoms with E-state index in [1.165, 1.54) is 13.3 Å². The van der Waals surface area contributed by atoms with Crippen LogP contribution in [0.25, 0.3) is 0 Å². The molecule has 1 heterocycles. The minimum atomic E-state index is -0.458. The van der Waals surface area contributed by atoms with Gasteiger partial charge in [0.1, 0.15) is 0 Å². The number of rotatable bonds is 4. The molecule has 1 aromatic heterocycles. The van der Waals surface area contributed by atoms with Gasteiger partial charge in [0.15, 0.2) is 0 Å². The highest BCUT2D eigenvalue weighted by Gasteiger charge is 2.08. The molecule has 0 atom stereocenters. The zero-order valence-corrected chi connectivity index (χ0v) is 12.0. The van der Waals surface area contributed by atoms with Crippen molar-refractivity contribution in [2.75, 3.05) is 17.7 Å². The number of carbonyl (C=O) groups excluding carboxylic acids is 1. The molecule has 0 bridgehead atoms. The third-order valence-corrected chi connectivity index (χ3v) is 2.93. The van der Waals surface area contributed by atoms with Gasteiger partial charge >= 0.3 is 6.03 Å². The highest BCUT2D eigenvalue weighted by Crippen LogP contribution is 2.21. The topological polar surface area (TPSA) is 83.5 Å². The molecule has 0 fully saturated rings. The van der Waals surface area contributed by atoms with Crippen LogP contribution in [0.15, 0.2) is 36.5 Å². The lowest BCUT2D eigenvalue weighted by Crippen LogP contribution is -2.20. The van der Waals surface area contributed by atoms with Crippen LogP contribution in [0.2, 0.25) is 5.02 Å². The maximum absolute atomic E-state index is 12.0. The van der Waals surface area contributed by atoms with Crippen LogP contribution in [0.5, 0.6) is 5.88 Å². The van der Waals surface area contributed by atoms with E-state index < -0.39 is 6.03 Å². The first-order valence-electron chi connectivity index (χ1n) is 6.09. The van der Waals surface area contributed by atoms with E-state index in [2.05, 4.69) is 15.6 Å². The molecular weight excluding hydrogens is 294 g/mol. The molecule has 1 aromatic carbocycles. The lowest BCUT2D eigenvalue weighted by Gasteiger charge is -2.11. The first-order chi connectivity index (χ1) is 10.1. The first-order valence-corrected chi connectivity index (χ1v) is 6.47. The van der Waals surface area contributed by atoms with E-state index >= 15 is 0 Å². The molecule has 0 saturated heterocycles. The molecule has 0 aliphatic heterocycles. The predicted molar refractivity (Wildman–Crippen MR) is 80.8 cm³/mol. The number of hydrogen-bond donors (Lipinski definition) is 3. The van der Waals surface area contributed by atoms with Crippen LogP contribution in [0.1, 0.15) is 5.56 Å². The number of anilines is 2. The Balaban J connectivity index is 2.09. The summed E-state index contributed by atoms with van der Waals surface area (Å²) in [4.78, 5) is 15.9. The summed E-state index contributed by atoms with van der Waals surface area (Å²) in [5, 5.41) is 15.0. The fourth-order valence-corrected chi connectivity index (χ4v) is 1.86. The molecule has 0 aliphatic rings. The molecule has 0 spiro atoms. The smallest absolute Gasteiger partial charge is 0.323 e. The van der Waals surface area contributed by atoms with Crippen molar-refractivity contribution in [2.45, 2.75) is 6.61 Å². The molecule has 0 aliphatic carbocycles. The monoisotopic (exact) mass is 307 g/mol. The quantitative estimate of drug-likeness (QED) is 0.811. The van der Waals surface area contributed by atoms with E-state index in [0.717, 1.165) is 0 Å². The maximum Gasteiger partial charge on any atom is 0.323 e. The van der Waals surface area contributed by atoms with Crippen LogP contribution in [-0.2, 0) is 6.61 Å². The zero-order valence-electron chi connectivity index (χ0n) is 11.3. The Morgan fingerprint density at radius 3 is 2.86 bits per heavy atom. The molecule has 21 heavy (non-hydrogen) atoms. The summed E-state index contributed by atoms with van der Waals surface area (Å²) < 4.78 is 4.97. The van der Waals surface area contributed by atoms with E-state index in [4.69, 9.17) is 16.3 Å². The standard InChI is InChI=1S/C14H14ClN3O3/c1-21-13-7-11(4-5-16-13)17-14(20)18-12-6-10(15)3-2-9(12)8-19/h2-7,19H,8H2,1H3,(H2,16,17,18,20). The highest BCUT2D eigenvalue weighted by molar-refractivity contribution is 6.31. The molecule has 6 nitrogen and oxygen atoms in total. The lowest BCUT2D eigenvalue weighted by atomic mass is 10.2. The molecule has 0 unspecified atom stereocenters. The Labute approximate surface area is 126 Å². The largest absolute Gasteiger partial charge is 0.481 e. The molecule has 0 saturated carbocycles. The van der Waals surface area contributed by atoms with E-state index in [9.17, 15) is 9.90 Å². The number of carbonyl (C=O) groups is 1. The first kappa shape index (κ1) is 15.1. The number of aliphatic hydroxyl groups is 1. The molecule has 3 N–H and O–H groups in total. The molecular formula is C14H14ClN3O3. The fraction of sp³-hybridized carbons (Fsp3) is 0.143. The van der Waals surface area contributed by atoms with Gasteiger partial charge in [-0.05, 0) is 18.2 Å². The van der Waals surface area contributed by atoms with Crippen LogP contribution in [0.4, 0.5) is 16.2 Å². The number of nitrogens with zero attached hydrogens (tertiary/aromatic N) is 1. The fourth-order valence-electron chi connectivity index (χ4n) is 1.69. The average Bonchev–Trinajstić information content (AvgIpc) is 2.47. The molecule has 2 rings (SSSR count). The number of aromatic nitrogens is 1. The Morgan fingerprint density at radius 2 is 2.14 bits per heavy atom. The summed E-state index contributed by atoms with van der Waals surface area (Å²) >= 11 is 5.88. The van der Waals surface area contributed by atoms with Crippen molar-refractivity contribution in [1.82, 2.24) is 4.98 Å². The maximum atomic E-state index is 12.0. The zero-order chi connectivity index (χ0) is 15.2. The third kappa shape index (κ3) is 4.08. The number of halogens is 1. The van der Waals surface area contributed by atoms with Crippen LogP contribution >= 0.6 is 11.6 Å². The number of amides is 2. The van der Waals surface area contributed by atoms with Gasteiger partial charge in [0.25, 0.3) is 0 Å². The molecule has 2 aromatic rings. The van der Waals surface area contributed by atoms with Crippen molar-refractivity contribution < 1.29 is 14.6 Å². The predicted octanol–water partition coefficient (Wildman–Crippen LogP) is 2.88. The minimum absolute atomic E-state index is 0.199. The Morgan fingerprint density at radius 1 is 1.33 bits per heavy atom. The third-order valence-electron chi connectivity index (χ3n) is 2.69. The summed E-state index contributed by atoms with van der Waals surface area (Å²) in [7, 11) is 1.49. The number of aliphatic hydroxyl groups excluding tert-OH is 1. The molecule has 110 valence electrons. The van der Waals surface area contributed by atoms with Gasteiger partial charge in [-0.1, -0.05) is 17.7 Å². The normalized spacial score (nSPS) is 10.0. The number of nitrogens with one attached hydrogen (secondary N) is 2. The van der Waals surface area contributed by atoms with Crippen LogP contribution < -0.4 is 15.4 Å². The SMILES string of the molecule is COc1cc(NC(=O)Nc2cc(Cl)ccc2CO)ccn1. The van der Waals surface area contributed by atoms with Crippen molar-refractivity contribution in [3.63, 3.8) is 0 Å². The van der Waals surface area contributed by atoms with Gasteiger partial charge in [-0.3, -0.25) is 0 Å². The van der Waals surface area contributed by atoms with Crippen molar-refractivity contribution in [3.05, 3.63) is 47.1 Å². The van der Waals surface area contributed by atoms with E-state index in [1.807, 2.05) is 0 Å². The van der Waals surface area contributed by atoms with Crippen LogP contribution in [-0.4, -0.2) is 23.2 Å². The highest BCUT2D eigenvalue weighted by atomic mass is 35.5. The molecule has 7 heteroatoms. The number of urea groups is 1. The van der Waals surface area contributed by atoms with E-state index in [-0.39, 0.29) is 6.61 Å². The summed E-state index contributed by atoms with van der Waals surface area (Å²) in [5.41, 5.74) is 1.55. The minimum Gasteiger partial charge on any atom is -0.481 e. The number of methoxy groups -OCH3 is 1. The van der Waals surface area contributed by atoms with E-state index in [0.29, 0.717) is 27.8 Å². The number of benzene rings is 1. The summed E-state index contributed by atoms with van der Waals surface area (Å²) in [5.74, 6) is 0.395. The second-order valence-corrected chi connectivity index (χ2v) is 4.56. The number of ether oxygens (including phenoxy) is 1. The van der Waals surface area contributed by atoms with Gasteiger partial charge < -0.3 is 20.5 Å². The van der Waals surface area contributed by atoms with Crippen molar-refractivity contribution >= 4 is 29.0 Å². The van der Waals surface area contributed by atoms with Gasteiger partial charge in [-0.25, -0.2) is 9.78 Å². The average molecular weight is 308 g/mol. The van der Waals surface area contributed by atoms with Gasteiger partial charge in [-0.2, -0.15) is 0 Å².